The summed E-state index contributed by atoms with van der Waals surface area (Å²) in [6.45, 7) is 0. The van der Waals surface area contributed by atoms with E-state index in [0.717, 1.165) is 95.7 Å². The number of hydrogen-bond acceptors (Lipinski definition) is 1. The number of anilines is 3. The summed E-state index contributed by atoms with van der Waals surface area (Å²) in [5.41, 5.74) is 5.81. The van der Waals surface area contributed by atoms with Crippen LogP contribution in [0.15, 0.2) is 164 Å². The number of halogens is 4. The van der Waals surface area contributed by atoms with E-state index in [-0.39, 0.29) is 11.4 Å². The zero-order valence-electron chi connectivity index (χ0n) is 27.9. The average Bonchev–Trinajstić information content (AvgIpc) is 3.69. The fourth-order valence-corrected chi connectivity index (χ4v) is 7.80. The van der Waals surface area contributed by atoms with Gasteiger partial charge in [0.2, 0.25) is 0 Å². The summed E-state index contributed by atoms with van der Waals surface area (Å²) in [6.07, 6.45) is 0. The first-order valence-electron chi connectivity index (χ1n) is 17.2. The molecule has 7 heteroatoms. The molecule has 254 valence electrons. The normalized spacial score (nSPS) is 11.8. The van der Waals surface area contributed by atoms with Crippen LogP contribution in [0.25, 0.3) is 65.8 Å². The van der Waals surface area contributed by atoms with Gasteiger partial charge in [-0.25, -0.2) is 17.6 Å². The van der Waals surface area contributed by atoms with Gasteiger partial charge >= 0.3 is 0 Å². The van der Waals surface area contributed by atoms with E-state index in [0.29, 0.717) is 0 Å². The number of benzene rings is 8. The Bertz CT molecular complexity index is 2920. The van der Waals surface area contributed by atoms with Gasteiger partial charge in [-0.2, -0.15) is 0 Å². The van der Waals surface area contributed by atoms with Gasteiger partial charge in [-0.15, -0.1) is 0 Å². The van der Waals surface area contributed by atoms with Gasteiger partial charge in [0, 0.05) is 50.7 Å². The van der Waals surface area contributed by atoms with Crippen LogP contribution in [0.5, 0.6) is 0 Å². The second-order valence-corrected chi connectivity index (χ2v) is 13.2. The molecule has 2 heterocycles. The van der Waals surface area contributed by atoms with Gasteiger partial charge < -0.3 is 14.0 Å². The Morgan fingerprint density at radius 1 is 0.340 bits per heavy atom. The van der Waals surface area contributed by atoms with Gasteiger partial charge in [0.25, 0.3) is 0 Å². The summed E-state index contributed by atoms with van der Waals surface area (Å²) in [4.78, 5) is 2.16. The molecule has 0 saturated carbocycles. The summed E-state index contributed by atoms with van der Waals surface area (Å²) in [5.74, 6) is -2.10. The van der Waals surface area contributed by atoms with Gasteiger partial charge in [-0.05, 0) is 95.7 Å². The Kier molecular flexibility index (Phi) is 6.92. The van der Waals surface area contributed by atoms with Crippen LogP contribution < -0.4 is 4.90 Å². The van der Waals surface area contributed by atoms with E-state index in [1.54, 1.807) is 9.13 Å². The molecular formula is C46H27F4N3. The van der Waals surface area contributed by atoms with Crippen LogP contribution in [0.2, 0.25) is 0 Å². The molecule has 0 amide bonds. The van der Waals surface area contributed by atoms with E-state index in [1.165, 1.54) is 12.1 Å². The second kappa shape index (κ2) is 11.9. The minimum atomic E-state index is -0.526. The Balaban J connectivity index is 1.24. The number of fused-ring (bicyclic) bond motifs is 7. The molecule has 8 aromatic carbocycles. The smallest absolute Gasteiger partial charge is 0.147 e. The molecule has 53 heavy (non-hydrogen) atoms. The van der Waals surface area contributed by atoms with Crippen LogP contribution in [0.1, 0.15) is 0 Å². The Morgan fingerprint density at radius 3 is 1.32 bits per heavy atom. The largest absolute Gasteiger partial charge is 0.310 e. The Morgan fingerprint density at radius 2 is 0.774 bits per heavy atom. The molecule has 0 atom stereocenters. The van der Waals surface area contributed by atoms with Crippen LogP contribution in [-0.2, 0) is 0 Å². The van der Waals surface area contributed by atoms with Crippen molar-refractivity contribution in [3.63, 3.8) is 0 Å². The first-order chi connectivity index (χ1) is 25.9. The maximum Gasteiger partial charge on any atom is 0.147 e. The van der Waals surface area contributed by atoms with Crippen molar-refractivity contribution < 1.29 is 17.6 Å². The van der Waals surface area contributed by atoms with Crippen molar-refractivity contribution in [2.75, 3.05) is 4.90 Å². The second-order valence-electron chi connectivity index (χ2n) is 13.2. The number of aromatic nitrogens is 2. The van der Waals surface area contributed by atoms with Crippen LogP contribution in [0.3, 0.4) is 0 Å². The molecule has 0 unspecified atom stereocenters. The molecule has 0 fully saturated rings. The number of hydrogen-bond donors (Lipinski definition) is 0. The lowest BCUT2D eigenvalue weighted by molar-refractivity contribution is 0.595. The fourth-order valence-electron chi connectivity index (χ4n) is 7.80. The van der Waals surface area contributed by atoms with Crippen LogP contribution in [0.4, 0.5) is 34.6 Å². The average molecular weight is 698 g/mol. The summed E-state index contributed by atoms with van der Waals surface area (Å²) in [6, 6.07) is 48.9. The predicted molar refractivity (Wildman–Crippen MR) is 207 cm³/mol. The molecule has 2 aromatic heterocycles. The molecule has 0 radical (unpaired) electrons. The summed E-state index contributed by atoms with van der Waals surface area (Å²) < 4.78 is 63.2. The molecule has 0 N–H and O–H groups in total. The highest BCUT2D eigenvalue weighted by atomic mass is 19.1. The van der Waals surface area contributed by atoms with Gasteiger partial charge in [0.1, 0.15) is 23.3 Å². The van der Waals surface area contributed by atoms with Gasteiger partial charge in [0.05, 0.1) is 33.4 Å². The zero-order valence-corrected chi connectivity index (χ0v) is 27.9. The lowest BCUT2D eigenvalue weighted by Gasteiger charge is -2.26. The molecule has 0 aliphatic rings. The quantitative estimate of drug-likeness (QED) is 0.163. The first kappa shape index (κ1) is 30.9. The van der Waals surface area contributed by atoms with Crippen LogP contribution in [-0.4, -0.2) is 9.13 Å². The van der Waals surface area contributed by atoms with Crippen molar-refractivity contribution in [2.24, 2.45) is 0 Å². The van der Waals surface area contributed by atoms with Crippen molar-refractivity contribution in [2.45, 2.75) is 0 Å². The van der Waals surface area contributed by atoms with Gasteiger partial charge in [-0.1, -0.05) is 66.7 Å². The van der Waals surface area contributed by atoms with Gasteiger partial charge in [0.15, 0.2) is 0 Å². The number of nitrogens with zero attached hydrogens (tertiary/aromatic N) is 3. The monoisotopic (exact) mass is 697 g/mol. The standard InChI is InChI=1S/C46H27F4N3/c47-30-14-19-39(49)45(24-30)52-41-11-5-3-9-35(41)37-26-33(17-21-43(37)52)51(32-16-13-28-7-1-2-8-29(28)23-32)34-18-22-44-38(27-34)36-10-4-6-12-42(36)53(44)46-25-31(48)15-20-40(46)50/h1-27H. The van der Waals surface area contributed by atoms with Crippen LogP contribution >= 0.6 is 0 Å². The van der Waals surface area contributed by atoms with Gasteiger partial charge in [-0.3, -0.25) is 0 Å². The van der Waals surface area contributed by atoms with Crippen molar-refractivity contribution in [1.29, 1.82) is 0 Å². The lowest BCUT2D eigenvalue weighted by Crippen LogP contribution is -2.10. The highest BCUT2D eigenvalue weighted by Gasteiger charge is 2.22. The molecule has 10 aromatic rings. The maximum absolute atomic E-state index is 15.3. The molecular weight excluding hydrogens is 671 g/mol. The van der Waals surface area contributed by atoms with Crippen molar-refractivity contribution in [3.05, 3.63) is 187 Å². The Labute approximate surface area is 300 Å². The molecule has 3 nitrogen and oxygen atoms in total. The minimum absolute atomic E-state index is 0.131. The fraction of sp³-hybridized carbons (Fsp3) is 0. The molecule has 0 aliphatic heterocycles. The van der Waals surface area contributed by atoms with E-state index < -0.39 is 23.3 Å². The number of rotatable bonds is 5. The molecule has 0 bridgehead atoms. The molecule has 0 aliphatic carbocycles. The van der Waals surface area contributed by atoms with E-state index in [9.17, 15) is 8.78 Å². The lowest BCUT2D eigenvalue weighted by atomic mass is 10.1. The van der Waals surface area contributed by atoms with Crippen molar-refractivity contribution in [1.82, 2.24) is 9.13 Å². The van der Waals surface area contributed by atoms with Crippen LogP contribution in [0, 0.1) is 23.3 Å². The first-order valence-corrected chi connectivity index (χ1v) is 17.2. The van der Waals surface area contributed by atoms with Crippen molar-refractivity contribution in [3.8, 4) is 11.4 Å². The minimum Gasteiger partial charge on any atom is -0.310 e. The number of para-hydroxylation sites is 2. The summed E-state index contributed by atoms with van der Waals surface area (Å²) in [7, 11) is 0. The van der Waals surface area contributed by atoms with E-state index >= 15 is 8.78 Å². The third-order valence-corrected chi connectivity index (χ3v) is 10.1. The summed E-state index contributed by atoms with van der Waals surface area (Å²) >= 11 is 0. The third kappa shape index (κ3) is 4.88. The zero-order chi connectivity index (χ0) is 35.8. The highest BCUT2D eigenvalue weighted by Crippen LogP contribution is 2.43. The topological polar surface area (TPSA) is 13.1 Å². The predicted octanol–water partition coefficient (Wildman–Crippen LogP) is 13.1. The molecule has 0 spiro atoms. The van der Waals surface area contributed by atoms with E-state index in [4.69, 9.17) is 0 Å². The maximum atomic E-state index is 15.3. The SMILES string of the molecule is Fc1ccc(F)c(-n2c3ccccc3c3cc(N(c4ccc5ccccc5c4)c4ccc5c(c4)c4ccccc4n5-c4cc(F)ccc4F)ccc32)c1. The summed E-state index contributed by atoms with van der Waals surface area (Å²) in [5, 5.41) is 5.68. The van der Waals surface area contributed by atoms with Crippen molar-refractivity contribution >= 4 is 71.4 Å². The molecule has 10 rings (SSSR count). The highest BCUT2D eigenvalue weighted by molar-refractivity contribution is 6.12. The van der Waals surface area contributed by atoms with E-state index in [2.05, 4.69) is 47.4 Å². The third-order valence-electron chi connectivity index (χ3n) is 10.1. The van der Waals surface area contributed by atoms with E-state index in [1.807, 2.05) is 84.9 Å². The molecule has 0 saturated heterocycles. The Hall–Kier alpha value is -6.86.